The highest BCUT2D eigenvalue weighted by molar-refractivity contribution is 6.14. The third kappa shape index (κ3) is 2.16. The minimum absolute atomic E-state index is 0.107. The van der Waals surface area contributed by atoms with E-state index in [1.165, 1.54) is 0 Å². The fourth-order valence-electron chi connectivity index (χ4n) is 2.85. The summed E-state index contributed by atoms with van der Waals surface area (Å²) in [6.45, 7) is 7.32. The molecule has 0 radical (unpaired) electrons. The molecule has 0 saturated heterocycles. The Labute approximate surface area is 114 Å². The van der Waals surface area contributed by atoms with Crippen LogP contribution in [0.2, 0.25) is 0 Å². The van der Waals surface area contributed by atoms with Gasteiger partial charge in [0.25, 0.3) is 0 Å². The summed E-state index contributed by atoms with van der Waals surface area (Å²) in [5.74, 6) is -0.0413. The van der Waals surface area contributed by atoms with E-state index in [1.54, 1.807) is 13.8 Å². The molecule has 2 unspecified atom stereocenters. The molecule has 2 rings (SSSR count). The van der Waals surface area contributed by atoms with E-state index in [9.17, 15) is 9.59 Å². The van der Waals surface area contributed by atoms with Gasteiger partial charge in [-0.15, -0.1) is 0 Å². The molecule has 0 bridgehead atoms. The summed E-state index contributed by atoms with van der Waals surface area (Å²) in [6.07, 6.45) is 0.615. The third-order valence-corrected chi connectivity index (χ3v) is 4.55. The van der Waals surface area contributed by atoms with Crippen molar-refractivity contribution in [3.05, 3.63) is 47.0 Å². The standard InChI is InChI=1S/C17H20O2/c1-11-12(2)16(19)17(4,13(3)15(11)18)10-14-8-6-5-7-9-14/h5-9,13H,10H2,1-4H3. The lowest BCUT2D eigenvalue weighted by atomic mass is 9.62. The molecular formula is C17H20O2. The van der Waals surface area contributed by atoms with Crippen LogP contribution >= 0.6 is 0 Å². The van der Waals surface area contributed by atoms with Crippen molar-refractivity contribution in [3.63, 3.8) is 0 Å². The fraction of sp³-hybridized carbons (Fsp3) is 0.412. The largest absolute Gasteiger partial charge is 0.294 e. The summed E-state index contributed by atoms with van der Waals surface area (Å²) < 4.78 is 0. The molecule has 2 atom stereocenters. The molecular weight excluding hydrogens is 236 g/mol. The van der Waals surface area contributed by atoms with Crippen LogP contribution in [-0.4, -0.2) is 11.6 Å². The van der Waals surface area contributed by atoms with Crippen molar-refractivity contribution in [3.8, 4) is 0 Å². The van der Waals surface area contributed by atoms with Crippen molar-refractivity contribution in [2.75, 3.05) is 0 Å². The van der Waals surface area contributed by atoms with Gasteiger partial charge in [-0.05, 0) is 37.0 Å². The molecule has 0 fully saturated rings. The number of hydrogen-bond donors (Lipinski definition) is 0. The number of carbonyl (C=O) groups is 2. The van der Waals surface area contributed by atoms with Crippen LogP contribution in [0.5, 0.6) is 0 Å². The van der Waals surface area contributed by atoms with Gasteiger partial charge in [-0.2, -0.15) is 0 Å². The Hall–Kier alpha value is -1.70. The van der Waals surface area contributed by atoms with Crippen LogP contribution in [0.25, 0.3) is 0 Å². The van der Waals surface area contributed by atoms with E-state index in [0.717, 1.165) is 5.56 Å². The lowest BCUT2D eigenvalue weighted by Crippen LogP contribution is -2.45. The minimum Gasteiger partial charge on any atom is -0.294 e. The number of ketones is 2. The van der Waals surface area contributed by atoms with Gasteiger partial charge >= 0.3 is 0 Å². The summed E-state index contributed by atoms with van der Waals surface area (Å²) >= 11 is 0. The van der Waals surface area contributed by atoms with Crippen LogP contribution in [0.1, 0.15) is 33.3 Å². The summed E-state index contributed by atoms with van der Waals surface area (Å²) in [5, 5.41) is 0. The molecule has 2 nitrogen and oxygen atoms in total. The van der Waals surface area contributed by atoms with E-state index in [4.69, 9.17) is 0 Å². The molecule has 0 aromatic heterocycles. The van der Waals surface area contributed by atoms with E-state index in [-0.39, 0.29) is 17.5 Å². The third-order valence-electron chi connectivity index (χ3n) is 4.55. The fourth-order valence-corrected chi connectivity index (χ4v) is 2.85. The monoisotopic (exact) mass is 256 g/mol. The predicted octanol–water partition coefficient (Wildman–Crippen LogP) is 3.36. The van der Waals surface area contributed by atoms with Crippen LogP contribution in [-0.2, 0) is 16.0 Å². The first-order valence-electron chi connectivity index (χ1n) is 6.68. The molecule has 0 N–H and O–H groups in total. The van der Waals surface area contributed by atoms with Crippen LogP contribution < -0.4 is 0 Å². The lowest BCUT2D eigenvalue weighted by Gasteiger charge is -2.38. The quantitative estimate of drug-likeness (QED) is 0.813. The molecule has 2 heteroatoms. The van der Waals surface area contributed by atoms with Crippen molar-refractivity contribution < 1.29 is 9.59 Å². The van der Waals surface area contributed by atoms with Gasteiger partial charge in [-0.3, -0.25) is 9.59 Å². The average molecular weight is 256 g/mol. The molecule has 0 aliphatic heterocycles. The summed E-state index contributed by atoms with van der Waals surface area (Å²) in [7, 11) is 0. The predicted molar refractivity (Wildman–Crippen MR) is 75.8 cm³/mol. The van der Waals surface area contributed by atoms with Gasteiger partial charge in [0.1, 0.15) is 0 Å². The zero-order valence-electron chi connectivity index (χ0n) is 12.0. The molecule has 0 spiro atoms. The second-order valence-electron chi connectivity index (χ2n) is 5.74. The summed E-state index contributed by atoms with van der Waals surface area (Å²) in [4.78, 5) is 24.9. The number of rotatable bonds is 2. The minimum atomic E-state index is -0.623. The first-order valence-corrected chi connectivity index (χ1v) is 6.68. The highest BCUT2D eigenvalue weighted by Gasteiger charge is 2.46. The molecule has 1 aliphatic carbocycles. The number of allylic oxidation sites excluding steroid dienone is 2. The second kappa shape index (κ2) is 4.76. The molecule has 19 heavy (non-hydrogen) atoms. The van der Waals surface area contributed by atoms with Gasteiger partial charge in [0, 0.05) is 11.3 Å². The van der Waals surface area contributed by atoms with E-state index >= 15 is 0 Å². The van der Waals surface area contributed by atoms with E-state index < -0.39 is 5.41 Å². The molecule has 0 heterocycles. The van der Waals surface area contributed by atoms with Crippen molar-refractivity contribution in [2.45, 2.75) is 34.1 Å². The first-order chi connectivity index (χ1) is 8.88. The van der Waals surface area contributed by atoms with Crippen LogP contribution in [0.15, 0.2) is 41.5 Å². The first kappa shape index (κ1) is 13.7. The normalized spacial score (nSPS) is 27.9. The van der Waals surface area contributed by atoms with E-state index in [0.29, 0.717) is 17.6 Å². The lowest BCUT2D eigenvalue weighted by molar-refractivity contribution is -0.136. The smallest absolute Gasteiger partial charge is 0.165 e. The second-order valence-corrected chi connectivity index (χ2v) is 5.74. The van der Waals surface area contributed by atoms with Gasteiger partial charge in [0.2, 0.25) is 0 Å². The number of Topliss-reactive ketones (excluding diaryl/α,β-unsaturated/α-hetero) is 2. The molecule has 1 aromatic carbocycles. The van der Waals surface area contributed by atoms with Gasteiger partial charge < -0.3 is 0 Å². The van der Waals surface area contributed by atoms with Crippen molar-refractivity contribution in [1.29, 1.82) is 0 Å². The Morgan fingerprint density at radius 2 is 1.63 bits per heavy atom. The summed E-state index contributed by atoms with van der Waals surface area (Å²) in [6, 6.07) is 9.91. The van der Waals surface area contributed by atoms with E-state index in [1.807, 2.05) is 44.2 Å². The van der Waals surface area contributed by atoms with Gasteiger partial charge in [-0.25, -0.2) is 0 Å². The maximum atomic E-state index is 12.6. The van der Waals surface area contributed by atoms with Crippen LogP contribution in [0.4, 0.5) is 0 Å². The zero-order chi connectivity index (χ0) is 14.2. The Kier molecular flexibility index (Phi) is 3.44. The van der Waals surface area contributed by atoms with Crippen molar-refractivity contribution >= 4 is 11.6 Å². The van der Waals surface area contributed by atoms with Crippen molar-refractivity contribution in [2.24, 2.45) is 11.3 Å². The van der Waals surface area contributed by atoms with Gasteiger partial charge in [0.15, 0.2) is 11.6 Å². The van der Waals surface area contributed by atoms with Crippen molar-refractivity contribution in [1.82, 2.24) is 0 Å². The Balaban J connectivity index is 2.43. The molecule has 100 valence electrons. The number of hydrogen-bond acceptors (Lipinski definition) is 2. The molecule has 1 aliphatic rings. The Morgan fingerprint density at radius 3 is 2.21 bits per heavy atom. The average Bonchev–Trinajstić information content (AvgIpc) is 2.43. The number of benzene rings is 1. The zero-order valence-corrected chi connectivity index (χ0v) is 12.0. The molecule has 0 amide bonds. The highest BCUT2D eigenvalue weighted by Crippen LogP contribution is 2.41. The van der Waals surface area contributed by atoms with E-state index in [2.05, 4.69) is 0 Å². The molecule has 1 aromatic rings. The highest BCUT2D eigenvalue weighted by atomic mass is 16.1. The Bertz CT molecular complexity index is 554. The van der Waals surface area contributed by atoms with Gasteiger partial charge in [0.05, 0.1) is 0 Å². The Morgan fingerprint density at radius 1 is 1.05 bits per heavy atom. The van der Waals surface area contributed by atoms with Crippen LogP contribution in [0.3, 0.4) is 0 Å². The molecule has 0 saturated carbocycles. The summed E-state index contributed by atoms with van der Waals surface area (Å²) in [5.41, 5.74) is 1.73. The maximum Gasteiger partial charge on any atom is 0.165 e. The van der Waals surface area contributed by atoms with Crippen LogP contribution in [0, 0.1) is 11.3 Å². The van der Waals surface area contributed by atoms with Gasteiger partial charge in [-0.1, -0.05) is 44.2 Å². The topological polar surface area (TPSA) is 34.1 Å². The maximum absolute atomic E-state index is 12.6. The SMILES string of the molecule is CC1=C(C)C(=O)C(C)(Cc2ccccc2)C(C)C1=O. The number of carbonyl (C=O) groups excluding carboxylic acids is 2.